The SMILES string of the molecule is COc1ccc(O)c(C(=O)OCC(=O)NCCc2ccc(OC)c(OC)c2)c1. The molecule has 0 atom stereocenters. The number of rotatable bonds is 9. The Morgan fingerprint density at radius 1 is 0.964 bits per heavy atom. The molecule has 0 aliphatic rings. The van der Waals surface area contributed by atoms with Gasteiger partial charge in [0.05, 0.1) is 21.3 Å². The number of hydrogen-bond acceptors (Lipinski definition) is 7. The van der Waals surface area contributed by atoms with Crippen LogP contribution in [-0.2, 0) is 16.0 Å². The highest BCUT2D eigenvalue weighted by Crippen LogP contribution is 2.27. The first-order valence-electron chi connectivity index (χ1n) is 8.50. The average molecular weight is 389 g/mol. The maximum absolute atomic E-state index is 12.0. The van der Waals surface area contributed by atoms with E-state index in [1.54, 1.807) is 20.3 Å². The summed E-state index contributed by atoms with van der Waals surface area (Å²) in [6.07, 6.45) is 0.566. The Labute approximate surface area is 163 Å². The standard InChI is InChI=1S/C20H23NO7/c1-25-14-5-6-16(22)15(11-14)20(24)28-12-19(23)21-9-8-13-4-7-17(26-2)18(10-13)27-3/h4-7,10-11,22H,8-9,12H2,1-3H3,(H,21,23). The van der Waals surface area contributed by atoms with Crippen LogP contribution in [-0.4, -0.2) is 51.5 Å². The molecule has 150 valence electrons. The molecule has 0 saturated carbocycles. The number of ether oxygens (including phenoxy) is 4. The molecule has 0 radical (unpaired) electrons. The van der Waals surface area contributed by atoms with Crippen molar-refractivity contribution in [3.8, 4) is 23.0 Å². The summed E-state index contributed by atoms with van der Waals surface area (Å²) in [5.74, 6) is 0.118. The molecule has 2 N–H and O–H groups in total. The molecular weight excluding hydrogens is 366 g/mol. The average Bonchev–Trinajstić information content (AvgIpc) is 2.72. The summed E-state index contributed by atoms with van der Waals surface area (Å²) < 4.78 is 20.4. The predicted octanol–water partition coefficient (Wildman–Crippen LogP) is 1.93. The normalized spacial score (nSPS) is 10.1. The summed E-state index contributed by atoms with van der Waals surface area (Å²) in [6.45, 7) is -0.0995. The van der Waals surface area contributed by atoms with E-state index in [-0.39, 0.29) is 11.3 Å². The van der Waals surface area contributed by atoms with E-state index >= 15 is 0 Å². The lowest BCUT2D eigenvalue weighted by Gasteiger charge is -2.10. The summed E-state index contributed by atoms with van der Waals surface area (Å²) in [4.78, 5) is 23.9. The van der Waals surface area contributed by atoms with Crippen molar-refractivity contribution in [2.45, 2.75) is 6.42 Å². The van der Waals surface area contributed by atoms with Gasteiger partial charge in [0.15, 0.2) is 18.1 Å². The minimum Gasteiger partial charge on any atom is -0.507 e. The Morgan fingerprint density at radius 2 is 1.71 bits per heavy atom. The van der Waals surface area contributed by atoms with Gasteiger partial charge in [0, 0.05) is 6.54 Å². The van der Waals surface area contributed by atoms with Crippen molar-refractivity contribution in [2.24, 2.45) is 0 Å². The molecule has 0 unspecified atom stereocenters. The number of methoxy groups -OCH3 is 3. The molecule has 2 rings (SSSR count). The Morgan fingerprint density at radius 3 is 2.39 bits per heavy atom. The highest BCUT2D eigenvalue weighted by Gasteiger charge is 2.15. The van der Waals surface area contributed by atoms with Crippen molar-refractivity contribution in [1.82, 2.24) is 5.32 Å². The van der Waals surface area contributed by atoms with Gasteiger partial charge in [-0.3, -0.25) is 4.79 Å². The van der Waals surface area contributed by atoms with E-state index in [4.69, 9.17) is 18.9 Å². The van der Waals surface area contributed by atoms with Gasteiger partial charge in [0.25, 0.3) is 5.91 Å². The van der Waals surface area contributed by atoms with E-state index in [0.29, 0.717) is 30.2 Å². The van der Waals surface area contributed by atoms with Gasteiger partial charge in [-0.15, -0.1) is 0 Å². The third-order valence-corrected chi connectivity index (χ3v) is 3.94. The number of esters is 1. The van der Waals surface area contributed by atoms with Crippen LogP contribution in [0.1, 0.15) is 15.9 Å². The number of benzene rings is 2. The maximum Gasteiger partial charge on any atom is 0.342 e. The molecule has 2 aromatic carbocycles. The van der Waals surface area contributed by atoms with E-state index in [0.717, 1.165) is 5.56 Å². The molecule has 0 aromatic heterocycles. The Bertz CT molecular complexity index is 835. The zero-order valence-electron chi connectivity index (χ0n) is 16.0. The molecule has 0 bridgehead atoms. The van der Waals surface area contributed by atoms with Crippen LogP contribution < -0.4 is 19.5 Å². The zero-order valence-corrected chi connectivity index (χ0v) is 16.0. The first-order valence-corrected chi connectivity index (χ1v) is 8.50. The lowest BCUT2D eigenvalue weighted by molar-refractivity contribution is -0.124. The van der Waals surface area contributed by atoms with Gasteiger partial charge >= 0.3 is 5.97 Å². The molecule has 8 heteroatoms. The van der Waals surface area contributed by atoms with E-state index in [9.17, 15) is 14.7 Å². The highest BCUT2D eigenvalue weighted by molar-refractivity contribution is 5.94. The predicted molar refractivity (Wildman–Crippen MR) is 101 cm³/mol. The van der Waals surface area contributed by atoms with Gasteiger partial charge in [-0.1, -0.05) is 6.07 Å². The monoisotopic (exact) mass is 389 g/mol. The molecule has 0 saturated heterocycles. The van der Waals surface area contributed by atoms with E-state index in [2.05, 4.69) is 5.32 Å². The Balaban J connectivity index is 1.81. The van der Waals surface area contributed by atoms with E-state index in [1.165, 1.54) is 25.3 Å². The summed E-state index contributed by atoms with van der Waals surface area (Å²) in [6, 6.07) is 9.66. The van der Waals surface area contributed by atoms with Gasteiger partial charge < -0.3 is 29.4 Å². The molecule has 1 amide bonds. The minimum atomic E-state index is -0.813. The fraction of sp³-hybridized carbons (Fsp3) is 0.300. The number of aromatic hydroxyl groups is 1. The summed E-state index contributed by atoms with van der Waals surface area (Å²) in [5.41, 5.74) is 0.883. The van der Waals surface area contributed by atoms with Crippen LogP contribution >= 0.6 is 0 Å². The van der Waals surface area contributed by atoms with Crippen LogP contribution in [0.5, 0.6) is 23.0 Å². The summed E-state index contributed by atoms with van der Waals surface area (Å²) >= 11 is 0. The highest BCUT2D eigenvalue weighted by atomic mass is 16.5. The first-order chi connectivity index (χ1) is 13.5. The zero-order chi connectivity index (χ0) is 20.5. The van der Waals surface area contributed by atoms with Crippen molar-refractivity contribution < 1.29 is 33.6 Å². The van der Waals surface area contributed by atoms with Gasteiger partial charge in [-0.2, -0.15) is 0 Å². The molecule has 0 aliphatic heterocycles. The lowest BCUT2D eigenvalue weighted by Crippen LogP contribution is -2.30. The third-order valence-electron chi connectivity index (χ3n) is 3.94. The van der Waals surface area contributed by atoms with Gasteiger partial charge in [-0.05, 0) is 42.3 Å². The topological polar surface area (TPSA) is 103 Å². The summed E-state index contributed by atoms with van der Waals surface area (Å²) in [5, 5.41) is 12.4. The quantitative estimate of drug-likeness (QED) is 0.632. The molecule has 28 heavy (non-hydrogen) atoms. The van der Waals surface area contributed by atoms with Gasteiger partial charge in [-0.25, -0.2) is 4.79 Å². The largest absolute Gasteiger partial charge is 0.507 e. The molecule has 8 nitrogen and oxygen atoms in total. The number of nitrogens with one attached hydrogen (secondary N) is 1. The number of carbonyl (C=O) groups is 2. The van der Waals surface area contributed by atoms with Crippen molar-refractivity contribution in [1.29, 1.82) is 0 Å². The second-order valence-electron chi connectivity index (χ2n) is 5.75. The van der Waals surface area contributed by atoms with Crippen LogP contribution in [0.4, 0.5) is 0 Å². The third kappa shape index (κ3) is 5.54. The lowest BCUT2D eigenvalue weighted by atomic mass is 10.1. The Hall–Kier alpha value is -3.42. The molecule has 0 aliphatic carbocycles. The number of carbonyl (C=O) groups excluding carboxylic acids is 2. The van der Waals surface area contributed by atoms with Crippen LogP contribution in [0.15, 0.2) is 36.4 Å². The van der Waals surface area contributed by atoms with Crippen molar-refractivity contribution in [3.05, 3.63) is 47.5 Å². The second kappa shape index (κ2) is 10.1. The smallest absolute Gasteiger partial charge is 0.342 e. The molecule has 0 heterocycles. The van der Waals surface area contributed by atoms with E-state index in [1.807, 2.05) is 12.1 Å². The molecule has 2 aromatic rings. The molecular formula is C20H23NO7. The fourth-order valence-corrected chi connectivity index (χ4v) is 2.45. The number of phenolic OH excluding ortho intramolecular Hbond substituents is 1. The van der Waals surface area contributed by atoms with Crippen LogP contribution in [0, 0.1) is 0 Å². The number of phenols is 1. The number of hydrogen-bond donors (Lipinski definition) is 2. The minimum absolute atomic E-state index is 0.0718. The maximum atomic E-state index is 12.0. The fourth-order valence-electron chi connectivity index (χ4n) is 2.45. The summed E-state index contributed by atoms with van der Waals surface area (Å²) in [7, 11) is 4.55. The Kier molecular flexibility index (Phi) is 7.50. The van der Waals surface area contributed by atoms with Crippen molar-refractivity contribution in [3.63, 3.8) is 0 Å². The number of amides is 1. The molecule has 0 spiro atoms. The van der Waals surface area contributed by atoms with Crippen molar-refractivity contribution in [2.75, 3.05) is 34.5 Å². The van der Waals surface area contributed by atoms with E-state index < -0.39 is 18.5 Å². The van der Waals surface area contributed by atoms with Crippen LogP contribution in [0.3, 0.4) is 0 Å². The van der Waals surface area contributed by atoms with Crippen molar-refractivity contribution >= 4 is 11.9 Å². The van der Waals surface area contributed by atoms with Crippen LogP contribution in [0.25, 0.3) is 0 Å². The van der Waals surface area contributed by atoms with Gasteiger partial charge in [0.2, 0.25) is 0 Å². The first kappa shape index (κ1) is 20.9. The second-order valence-corrected chi connectivity index (χ2v) is 5.75. The molecule has 0 fully saturated rings. The van der Waals surface area contributed by atoms with Crippen LogP contribution in [0.2, 0.25) is 0 Å². The van der Waals surface area contributed by atoms with Gasteiger partial charge in [0.1, 0.15) is 17.1 Å².